The van der Waals surface area contributed by atoms with Crippen molar-refractivity contribution < 1.29 is 17.9 Å². The number of morpholine rings is 1. The SMILES string of the molecule is C=CCN1c2ccc(Cl)cc2C(c2ccccc2)=C(C(=O)N2CCOCC2)S1(=O)=O. The number of anilines is 1. The largest absolute Gasteiger partial charge is 0.378 e. The third kappa shape index (κ3) is 3.53. The molecule has 0 unspecified atom stereocenters. The third-order valence-electron chi connectivity index (χ3n) is 5.12. The van der Waals surface area contributed by atoms with Crippen molar-refractivity contribution in [1.82, 2.24) is 4.90 Å². The summed E-state index contributed by atoms with van der Waals surface area (Å²) in [6.07, 6.45) is 1.50. The lowest BCUT2D eigenvalue weighted by molar-refractivity contribution is -0.130. The number of benzene rings is 2. The van der Waals surface area contributed by atoms with E-state index in [4.69, 9.17) is 16.3 Å². The van der Waals surface area contributed by atoms with E-state index in [0.29, 0.717) is 53.7 Å². The van der Waals surface area contributed by atoms with Crippen LogP contribution in [0.25, 0.3) is 5.57 Å². The summed E-state index contributed by atoms with van der Waals surface area (Å²) >= 11 is 6.28. The molecule has 8 heteroatoms. The smallest absolute Gasteiger partial charge is 0.270 e. The van der Waals surface area contributed by atoms with Crippen LogP contribution in [-0.4, -0.2) is 52.1 Å². The zero-order valence-corrected chi connectivity index (χ0v) is 17.8. The van der Waals surface area contributed by atoms with E-state index in [1.54, 1.807) is 30.3 Å². The molecule has 1 amide bonds. The minimum absolute atomic E-state index is 0.0406. The number of halogens is 1. The molecule has 6 nitrogen and oxygen atoms in total. The number of fused-ring (bicyclic) bond motifs is 1. The van der Waals surface area contributed by atoms with Gasteiger partial charge in [-0.25, -0.2) is 8.42 Å². The maximum atomic E-state index is 13.7. The number of ether oxygens (including phenoxy) is 1. The van der Waals surface area contributed by atoms with Crippen LogP contribution in [0, 0.1) is 0 Å². The minimum atomic E-state index is -4.13. The lowest BCUT2D eigenvalue weighted by Crippen LogP contribution is -2.46. The Bertz CT molecular complexity index is 1120. The van der Waals surface area contributed by atoms with Crippen LogP contribution in [0.15, 0.2) is 66.1 Å². The molecule has 1 fully saturated rings. The molecule has 0 radical (unpaired) electrons. The molecule has 0 bridgehead atoms. The van der Waals surface area contributed by atoms with Crippen LogP contribution in [0.5, 0.6) is 0 Å². The van der Waals surface area contributed by atoms with E-state index in [-0.39, 0.29) is 11.4 Å². The Kier molecular flexibility index (Phi) is 5.69. The van der Waals surface area contributed by atoms with E-state index in [9.17, 15) is 13.2 Å². The maximum absolute atomic E-state index is 13.7. The Labute approximate surface area is 181 Å². The topological polar surface area (TPSA) is 66.9 Å². The molecule has 156 valence electrons. The van der Waals surface area contributed by atoms with Gasteiger partial charge in [0.1, 0.15) is 0 Å². The summed E-state index contributed by atoms with van der Waals surface area (Å²) in [5, 5.41) is 0.457. The Balaban J connectivity index is 2.04. The molecule has 0 aliphatic carbocycles. The van der Waals surface area contributed by atoms with Crippen molar-refractivity contribution in [2.45, 2.75) is 0 Å². The van der Waals surface area contributed by atoms with Gasteiger partial charge in [-0.05, 0) is 23.8 Å². The van der Waals surface area contributed by atoms with E-state index in [0.717, 1.165) is 0 Å². The number of carbonyl (C=O) groups excluding carboxylic acids is 1. The highest BCUT2D eigenvalue weighted by Gasteiger charge is 2.42. The standard InChI is InChI=1S/C22H21ClN2O4S/c1-2-10-25-19-9-8-17(23)15-18(19)20(16-6-4-3-5-7-16)21(30(25,27)28)22(26)24-11-13-29-14-12-24/h2-9,15H,1,10-14H2. The fraction of sp³-hybridized carbons (Fsp3) is 0.227. The molecule has 2 heterocycles. The molecule has 2 aliphatic heterocycles. The molecule has 0 N–H and O–H groups in total. The number of hydrogen-bond donors (Lipinski definition) is 0. The van der Waals surface area contributed by atoms with Crippen LogP contribution in [0.1, 0.15) is 11.1 Å². The average molecular weight is 445 g/mol. The van der Waals surface area contributed by atoms with Gasteiger partial charge in [0.15, 0.2) is 4.91 Å². The number of sulfonamides is 1. The summed E-state index contributed by atoms with van der Waals surface area (Å²) in [5.41, 5.74) is 2.07. The zero-order valence-electron chi connectivity index (χ0n) is 16.3. The lowest BCUT2D eigenvalue weighted by atomic mass is 9.95. The average Bonchev–Trinajstić information content (AvgIpc) is 2.76. The fourth-order valence-electron chi connectivity index (χ4n) is 3.75. The summed E-state index contributed by atoms with van der Waals surface area (Å²) in [4.78, 5) is 14.8. The first-order chi connectivity index (χ1) is 14.4. The van der Waals surface area contributed by atoms with Crippen molar-refractivity contribution >= 4 is 38.8 Å². The quantitative estimate of drug-likeness (QED) is 0.679. The second-order valence-corrected chi connectivity index (χ2v) is 9.20. The summed E-state index contributed by atoms with van der Waals surface area (Å²) in [5.74, 6) is -0.531. The second kappa shape index (κ2) is 8.26. The molecular weight excluding hydrogens is 424 g/mol. The van der Waals surface area contributed by atoms with Crippen LogP contribution in [0.2, 0.25) is 5.02 Å². The Morgan fingerprint density at radius 2 is 1.83 bits per heavy atom. The molecule has 0 aromatic heterocycles. The molecular formula is C22H21ClN2O4S. The highest BCUT2D eigenvalue weighted by molar-refractivity contribution is 7.97. The second-order valence-electron chi connectivity index (χ2n) is 6.96. The molecule has 2 aromatic carbocycles. The Hall–Kier alpha value is -2.61. The van der Waals surface area contributed by atoms with Gasteiger partial charge < -0.3 is 9.64 Å². The summed E-state index contributed by atoms with van der Waals surface area (Å²) in [7, 11) is -4.13. The van der Waals surface area contributed by atoms with E-state index < -0.39 is 15.9 Å². The normalized spacial score (nSPS) is 18.2. The van der Waals surface area contributed by atoms with Crippen LogP contribution >= 0.6 is 11.6 Å². The fourth-order valence-corrected chi connectivity index (χ4v) is 5.70. The first-order valence-electron chi connectivity index (χ1n) is 9.55. The van der Waals surface area contributed by atoms with Gasteiger partial charge >= 0.3 is 0 Å². The van der Waals surface area contributed by atoms with Crippen molar-refractivity contribution in [3.63, 3.8) is 0 Å². The summed E-state index contributed by atoms with van der Waals surface area (Å²) < 4.78 is 34.0. The molecule has 2 aromatic rings. The first kappa shape index (κ1) is 20.7. The van der Waals surface area contributed by atoms with Crippen molar-refractivity contribution in [1.29, 1.82) is 0 Å². The minimum Gasteiger partial charge on any atom is -0.378 e. The number of nitrogens with zero attached hydrogens (tertiary/aromatic N) is 2. The number of amides is 1. The van der Waals surface area contributed by atoms with Crippen LogP contribution in [-0.2, 0) is 19.6 Å². The monoisotopic (exact) mass is 444 g/mol. The summed E-state index contributed by atoms with van der Waals surface area (Å²) in [6, 6.07) is 14.1. The van der Waals surface area contributed by atoms with Gasteiger partial charge in [0, 0.05) is 29.2 Å². The van der Waals surface area contributed by atoms with Gasteiger partial charge in [0.25, 0.3) is 15.9 Å². The Morgan fingerprint density at radius 1 is 1.13 bits per heavy atom. The van der Waals surface area contributed by atoms with Crippen LogP contribution in [0.3, 0.4) is 0 Å². The van der Waals surface area contributed by atoms with E-state index in [1.165, 1.54) is 15.3 Å². The van der Waals surface area contributed by atoms with Crippen molar-refractivity contribution in [3.05, 3.63) is 82.2 Å². The third-order valence-corrected chi connectivity index (χ3v) is 7.18. The first-order valence-corrected chi connectivity index (χ1v) is 11.4. The molecule has 30 heavy (non-hydrogen) atoms. The lowest BCUT2D eigenvalue weighted by Gasteiger charge is -2.35. The molecule has 2 aliphatic rings. The highest BCUT2D eigenvalue weighted by atomic mass is 35.5. The van der Waals surface area contributed by atoms with Gasteiger partial charge in [0.05, 0.1) is 25.4 Å². The van der Waals surface area contributed by atoms with E-state index >= 15 is 0 Å². The maximum Gasteiger partial charge on any atom is 0.270 e. The van der Waals surface area contributed by atoms with Gasteiger partial charge in [0.2, 0.25) is 0 Å². The number of rotatable bonds is 4. The highest BCUT2D eigenvalue weighted by Crippen LogP contribution is 2.44. The van der Waals surface area contributed by atoms with Crippen molar-refractivity contribution in [2.75, 3.05) is 37.2 Å². The van der Waals surface area contributed by atoms with E-state index in [1.807, 2.05) is 18.2 Å². The molecule has 0 spiro atoms. The molecule has 0 atom stereocenters. The summed E-state index contributed by atoms with van der Waals surface area (Å²) in [6.45, 7) is 5.15. The van der Waals surface area contributed by atoms with Crippen molar-refractivity contribution in [2.24, 2.45) is 0 Å². The molecule has 0 saturated carbocycles. The van der Waals surface area contributed by atoms with Gasteiger partial charge in [-0.15, -0.1) is 6.58 Å². The predicted molar refractivity (Wildman–Crippen MR) is 118 cm³/mol. The predicted octanol–water partition coefficient (Wildman–Crippen LogP) is 3.29. The zero-order chi connectivity index (χ0) is 21.3. The Morgan fingerprint density at radius 3 is 2.50 bits per heavy atom. The number of carbonyl (C=O) groups is 1. The molecule has 1 saturated heterocycles. The van der Waals surface area contributed by atoms with Crippen LogP contribution < -0.4 is 4.31 Å². The molecule has 4 rings (SSSR count). The van der Waals surface area contributed by atoms with Gasteiger partial charge in [-0.2, -0.15) is 0 Å². The van der Waals surface area contributed by atoms with Crippen LogP contribution in [0.4, 0.5) is 5.69 Å². The van der Waals surface area contributed by atoms with Crippen molar-refractivity contribution in [3.8, 4) is 0 Å². The van der Waals surface area contributed by atoms with Gasteiger partial charge in [-0.3, -0.25) is 9.10 Å². The van der Waals surface area contributed by atoms with Gasteiger partial charge in [-0.1, -0.05) is 48.0 Å². The van der Waals surface area contributed by atoms with E-state index in [2.05, 4.69) is 6.58 Å². The number of hydrogen-bond acceptors (Lipinski definition) is 4.